The summed E-state index contributed by atoms with van der Waals surface area (Å²) in [5.41, 5.74) is 6.42. The van der Waals surface area contributed by atoms with Gasteiger partial charge in [-0.2, -0.15) is 0 Å². The number of hydrogen-bond donors (Lipinski definition) is 5. The van der Waals surface area contributed by atoms with E-state index in [-0.39, 0.29) is 12.2 Å². The highest BCUT2D eigenvalue weighted by Crippen LogP contribution is 2.11. The quantitative estimate of drug-likeness (QED) is 0.464. The number of nitrogens with two attached hydrogens (primary N) is 1. The zero-order valence-corrected chi connectivity index (χ0v) is 11.0. The average molecular weight is 282 g/mol. The minimum atomic E-state index is -1.40. The molecule has 7 nitrogen and oxygen atoms in total. The van der Waals surface area contributed by atoms with Gasteiger partial charge in [0.25, 0.3) is 0 Å². The minimum absolute atomic E-state index is 0.104. The average Bonchev–Trinajstić information content (AvgIpc) is 2.37. The summed E-state index contributed by atoms with van der Waals surface area (Å²) in [6.45, 7) is 1.27. The molecular formula is C13H18N2O5. The summed E-state index contributed by atoms with van der Waals surface area (Å²) in [5, 5.41) is 29.4. The third-order valence-electron chi connectivity index (χ3n) is 2.77. The van der Waals surface area contributed by atoms with Crippen LogP contribution in [-0.2, 0) is 16.0 Å². The third-order valence-corrected chi connectivity index (χ3v) is 2.77. The lowest BCUT2D eigenvalue weighted by molar-refractivity contribution is -0.144. The molecule has 1 rings (SSSR count). The van der Waals surface area contributed by atoms with Gasteiger partial charge in [-0.15, -0.1) is 0 Å². The molecule has 0 saturated carbocycles. The maximum absolute atomic E-state index is 11.8. The second kappa shape index (κ2) is 6.88. The van der Waals surface area contributed by atoms with Crippen LogP contribution >= 0.6 is 0 Å². The van der Waals surface area contributed by atoms with Gasteiger partial charge in [-0.25, -0.2) is 4.79 Å². The van der Waals surface area contributed by atoms with Crippen molar-refractivity contribution >= 4 is 11.9 Å². The van der Waals surface area contributed by atoms with E-state index in [0.717, 1.165) is 5.56 Å². The van der Waals surface area contributed by atoms with E-state index in [0.29, 0.717) is 0 Å². The van der Waals surface area contributed by atoms with Gasteiger partial charge in [-0.3, -0.25) is 4.79 Å². The fraction of sp³-hybridized carbons (Fsp3) is 0.385. The summed E-state index contributed by atoms with van der Waals surface area (Å²) in [6, 6.07) is 3.83. The van der Waals surface area contributed by atoms with Gasteiger partial charge in [-0.1, -0.05) is 12.1 Å². The zero-order chi connectivity index (χ0) is 15.3. The van der Waals surface area contributed by atoms with Crippen molar-refractivity contribution in [2.45, 2.75) is 31.5 Å². The van der Waals surface area contributed by atoms with Gasteiger partial charge in [0, 0.05) is 0 Å². The summed E-state index contributed by atoms with van der Waals surface area (Å²) in [5.74, 6) is -1.89. The van der Waals surface area contributed by atoms with E-state index in [1.54, 1.807) is 12.1 Å². The maximum Gasteiger partial charge on any atom is 0.328 e. The number of benzene rings is 1. The summed E-state index contributed by atoms with van der Waals surface area (Å²) in [6.07, 6.45) is -1.03. The summed E-state index contributed by atoms with van der Waals surface area (Å²) < 4.78 is 0. The van der Waals surface area contributed by atoms with Crippen molar-refractivity contribution < 1.29 is 24.9 Å². The van der Waals surface area contributed by atoms with Crippen LogP contribution in [0.15, 0.2) is 24.3 Å². The van der Waals surface area contributed by atoms with Crippen molar-refractivity contribution in [3.63, 3.8) is 0 Å². The first kappa shape index (κ1) is 15.9. The topological polar surface area (TPSA) is 133 Å². The number of rotatable bonds is 6. The number of aliphatic hydroxyl groups is 1. The number of phenols is 1. The van der Waals surface area contributed by atoms with Crippen molar-refractivity contribution in [2.24, 2.45) is 5.73 Å². The van der Waals surface area contributed by atoms with Gasteiger partial charge in [0.2, 0.25) is 5.91 Å². The number of phenolic OH excluding ortho intramolecular Hbond substituents is 1. The molecule has 0 fully saturated rings. The van der Waals surface area contributed by atoms with Crippen molar-refractivity contribution in [1.29, 1.82) is 0 Å². The molecule has 0 unspecified atom stereocenters. The van der Waals surface area contributed by atoms with Crippen LogP contribution in [0.5, 0.6) is 5.75 Å². The number of aliphatic hydroxyl groups excluding tert-OH is 1. The lowest BCUT2D eigenvalue weighted by atomic mass is 10.0. The van der Waals surface area contributed by atoms with Crippen LogP contribution < -0.4 is 11.1 Å². The van der Waals surface area contributed by atoms with Crippen LogP contribution in [0.2, 0.25) is 0 Å². The Labute approximate surface area is 116 Å². The lowest BCUT2D eigenvalue weighted by Crippen LogP contribution is -2.53. The summed E-state index contributed by atoms with van der Waals surface area (Å²) in [4.78, 5) is 22.6. The highest BCUT2D eigenvalue weighted by Gasteiger charge is 2.27. The molecule has 3 atom stereocenters. The summed E-state index contributed by atoms with van der Waals surface area (Å²) in [7, 11) is 0. The molecule has 0 aliphatic carbocycles. The second-order valence-electron chi connectivity index (χ2n) is 4.54. The minimum Gasteiger partial charge on any atom is -0.508 e. The van der Waals surface area contributed by atoms with Gasteiger partial charge in [0.05, 0.1) is 12.1 Å². The van der Waals surface area contributed by atoms with Gasteiger partial charge in [0.15, 0.2) is 6.04 Å². The maximum atomic E-state index is 11.8. The Morgan fingerprint density at radius 3 is 2.30 bits per heavy atom. The number of carboxylic acids is 1. The number of hydrogen-bond acceptors (Lipinski definition) is 5. The Hall–Kier alpha value is -2.12. The highest BCUT2D eigenvalue weighted by atomic mass is 16.4. The lowest BCUT2D eigenvalue weighted by Gasteiger charge is -2.19. The van der Waals surface area contributed by atoms with Gasteiger partial charge >= 0.3 is 5.97 Å². The molecule has 0 radical (unpaired) electrons. The molecule has 110 valence electrons. The van der Waals surface area contributed by atoms with E-state index >= 15 is 0 Å². The molecule has 0 aliphatic heterocycles. The van der Waals surface area contributed by atoms with E-state index in [1.165, 1.54) is 19.1 Å². The number of aliphatic carboxylic acids is 1. The van der Waals surface area contributed by atoms with E-state index < -0.39 is 30.1 Å². The molecule has 0 bridgehead atoms. The van der Waals surface area contributed by atoms with E-state index in [1.807, 2.05) is 0 Å². The summed E-state index contributed by atoms with van der Waals surface area (Å²) >= 11 is 0. The fourth-order valence-corrected chi connectivity index (χ4v) is 1.63. The molecule has 0 saturated heterocycles. The molecule has 7 heteroatoms. The number of amides is 1. The molecule has 0 heterocycles. The highest BCUT2D eigenvalue weighted by molar-refractivity contribution is 5.87. The number of nitrogens with one attached hydrogen (secondary N) is 1. The monoisotopic (exact) mass is 282 g/mol. The standard InChI is InChI=1S/C13H18N2O5/c1-7(16)11(13(19)20)15-12(18)10(14)6-8-2-4-9(17)5-3-8/h2-5,7,10-11,16-17H,6,14H2,1H3,(H,15,18)(H,19,20)/t7-,10-,11-/m0/s1. The Balaban J connectivity index is 2.62. The Bertz CT molecular complexity index is 472. The second-order valence-corrected chi connectivity index (χ2v) is 4.54. The Morgan fingerprint density at radius 2 is 1.85 bits per heavy atom. The molecule has 20 heavy (non-hydrogen) atoms. The number of aromatic hydroxyl groups is 1. The van der Waals surface area contributed by atoms with Crippen LogP contribution in [0.4, 0.5) is 0 Å². The Kier molecular flexibility index (Phi) is 5.48. The van der Waals surface area contributed by atoms with Crippen molar-refractivity contribution in [3.05, 3.63) is 29.8 Å². The van der Waals surface area contributed by atoms with Gasteiger partial charge in [-0.05, 0) is 31.0 Å². The van der Waals surface area contributed by atoms with Crippen molar-refractivity contribution in [3.8, 4) is 5.75 Å². The number of carbonyl (C=O) groups is 2. The van der Waals surface area contributed by atoms with Crippen LogP contribution in [-0.4, -0.2) is 45.4 Å². The Morgan fingerprint density at radius 1 is 1.30 bits per heavy atom. The predicted octanol–water partition coefficient (Wildman–Crippen LogP) is -0.788. The normalized spacial score (nSPS) is 15.2. The molecule has 1 amide bonds. The first-order chi connectivity index (χ1) is 9.31. The SMILES string of the molecule is C[C@H](O)[C@H](NC(=O)[C@@H](N)Cc1ccc(O)cc1)C(=O)O. The number of carbonyl (C=O) groups excluding carboxylic acids is 1. The van der Waals surface area contributed by atoms with Crippen LogP contribution in [0.25, 0.3) is 0 Å². The van der Waals surface area contributed by atoms with E-state index in [2.05, 4.69) is 5.32 Å². The van der Waals surface area contributed by atoms with E-state index in [4.69, 9.17) is 15.9 Å². The van der Waals surface area contributed by atoms with Crippen LogP contribution in [0.1, 0.15) is 12.5 Å². The smallest absolute Gasteiger partial charge is 0.328 e. The molecule has 1 aromatic carbocycles. The molecule has 0 spiro atoms. The largest absolute Gasteiger partial charge is 0.508 e. The molecular weight excluding hydrogens is 264 g/mol. The van der Waals surface area contributed by atoms with Crippen molar-refractivity contribution in [2.75, 3.05) is 0 Å². The zero-order valence-electron chi connectivity index (χ0n) is 11.0. The third kappa shape index (κ3) is 4.52. The van der Waals surface area contributed by atoms with Crippen LogP contribution in [0.3, 0.4) is 0 Å². The van der Waals surface area contributed by atoms with Crippen LogP contribution in [0, 0.1) is 0 Å². The first-order valence-corrected chi connectivity index (χ1v) is 6.06. The molecule has 0 aromatic heterocycles. The molecule has 1 aromatic rings. The van der Waals surface area contributed by atoms with Gasteiger partial charge < -0.3 is 26.4 Å². The van der Waals surface area contributed by atoms with Gasteiger partial charge in [0.1, 0.15) is 5.75 Å². The fourth-order valence-electron chi connectivity index (χ4n) is 1.63. The first-order valence-electron chi connectivity index (χ1n) is 6.06. The molecule has 6 N–H and O–H groups in total. The van der Waals surface area contributed by atoms with Crippen molar-refractivity contribution in [1.82, 2.24) is 5.32 Å². The van der Waals surface area contributed by atoms with E-state index in [9.17, 15) is 14.7 Å². The molecule has 0 aliphatic rings. The predicted molar refractivity (Wildman–Crippen MR) is 71.0 cm³/mol. The number of carboxylic acid groups (broad SMARTS) is 1.